The molecule has 3 rings (SSSR count). The van der Waals surface area contributed by atoms with Crippen molar-refractivity contribution in [1.82, 2.24) is 10.3 Å². The second-order valence-corrected chi connectivity index (χ2v) is 5.29. The number of H-pyrrole nitrogens is 1. The summed E-state index contributed by atoms with van der Waals surface area (Å²) < 4.78 is 5.36. The number of ether oxygens (including phenoxy) is 1. The molecule has 0 saturated heterocycles. The van der Waals surface area contributed by atoms with Crippen LogP contribution in [0.15, 0.2) is 48.7 Å². The number of rotatable bonds is 5. The maximum Gasteiger partial charge on any atom is 0.124 e. The molecule has 0 aliphatic heterocycles. The predicted octanol–water partition coefficient (Wildman–Crippen LogP) is 4.12. The molecule has 0 aliphatic carbocycles. The molecule has 0 unspecified atom stereocenters. The first-order chi connectivity index (χ1) is 10.3. The third-order valence-electron chi connectivity index (χ3n) is 3.60. The number of hydrogen-bond donors (Lipinski definition) is 2. The topological polar surface area (TPSA) is 37.0 Å². The first-order valence-corrected chi connectivity index (χ1v) is 7.24. The molecule has 108 valence electrons. The van der Waals surface area contributed by atoms with Crippen molar-refractivity contribution >= 4 is 22.5 Å². The lowest BCUT2D eigenvalue weighted by atomic mass is 10.1. The fourth-order valence-corrected chi connectivity index (χ4v) is 2.76. The van der Waals surface area contributed by atoms with E-state index in [-0.39, 0.29) is 0 Å². The average Bonchev–Trinajstić information content (AvgIpc) is 2.98. The minimum Gasteiger partial charge on any atom is -0.496 e. The van der Waals surface area contributed by atoms with E-state index in [1.807, 2.05) is 24.4 Å². The van der Waals surface area contributed by atoms with E-state index in [2.05, 4.69) is 34.6 Å². The summed E-state index contributed by atoms with van der Waals surface area (Å²) in [6.45, 7) is 1.45. The highest BCUT2D eigenvalue weighted by atomic mass is 35.5. The molecule has 1 aromatic heterocycles. The SMILES string of the molecule is COc1cccc(Cl)c1CNCc1cccc2[nH]ccc12. The van der Waals surface area contributed by atoms with Gasteiger partial charge in [-0.1, -0.05) is 29.8 Å². The van der Waals surface area contributed by atoms with Crippen molar-refractivity contribution in [1.29, 1.82) is 0 Å². The lowest BCUT2D eigenvalue weighted by molar-refractivity contribution is 0.407. The van der Waals surface area contributed by atoms with Crippen LogP contribution in [0.1, 0.15) is 11.1 Å². The number of hydrogen-bond acceptors (Lipinski definition) is 2. The molecule has 21 heavy (non-hydrogen) atoms. The van der Waals surface area contributed by atoms with Gasteiger partial charge in [-0.2, -0.15) is 0 Å². The molecule has 0 atom stereocenters. The van der Waals surface area contributed by atoms with Gasteiger partial charge in [0.2, 0.25) is 0 Å². The summed E-state index contributed by atoms with van der Waals surface area (Å²) in [4.78, 5) is 3.23. The van der Waals surface area contributed by atoms with Gasteiger partial charge >= 0.3 is 0 Å². The Hall–Kier alpha value is -1.97. The van der Waals surface area contributed by atoms with Gasteiger partial charge in [-0.15, -0.1) is 0 Å². The van der Waals surface area contributed by atoms with Crippen LogP contribution in [-0.2, 0) is 13.1 Å². The highest BCUT2D eigenvalue weighted by Crippen LogP contribution is 2.26. The summed E-state index contributed by atoms with van der Waals surface area (Å²) >= 11 is 6.24. The molecule has 0 saturated carbocycles. The molecule has 0 spiro atoms. The Labute approximate surface area is 128 Å². The van der Waals surface area contributed by atoms with Crippen LogP contribution in [0.3, 0.4) is 0 Å². The van der Waals surface area contributed by atoms with Crippen molar-refractivity contribution in [3.05, 3.63) is 64.8 Å². The van der Waals surface area contributed by atoms with E-state index in [0.717, 1.165) is 28.4 Å². The maximum atomic E-state index is 6.24. The maximum absolute atomic E-state index is 6.24. The quantitative estimate of drug-likeness (QED) is 0.744. The van der Waals surface area contributed by atoms with Crippen LogP contribution in [0.2, 0.25) is 5.02 Å². The van der Waals surface area contributed by atoms with Crippen LogP contribution in [0, 0.1) is 0 Å². The van der Waals surface area contributed by atoms with Gasteiger partial charge in [-0.25, -0.2) is 0 Å². The molecular formula is C17H17ClN2O. The number of aromatic amines is 1. The molecule has 3 nitrogen and oxygen atoms in total. The molecule has 0 amide bonds. The molecule has 2 N–H and O–H groups in total. The molecule has 0 aliphatic rings. The van der Waals surface area contributed by atoms with Gasteiger partial charge in [0.25, 0.3) is 0 Å². The van der Waals surface area contributed by atoms with Crippen LogP contribution >= 0.6 is 11.6 Å². The summed E-state index contributed by atoms with van der Waals surface area (Å²) in [6, 6.07) is 14.1. The van der Waals surface area contributed by atoms with Gasteiger partial charge in [0.15, 0.2) is 0 Å². The van der Waals surface area contributed by atoms with Gasteiger partial charge in [-0.3, -0.25) is 0 Å². The van der Waals surface area contributed by atoms with E-state index in [4.69, 9.17) is 16.3 Å². The summed E-state index contributed by atoms with van der Waals surface area (Å²) in [7, 11) is 1.66. The Kier molecular flexibility index (Phi) is 4.13. The van der Waals surface area contributed by atoms with Crippen LogP contribution in [-0.4, -0.2) is 12.1 Å². The Bertz CT molecular complexity index is 751. The minimum atomic E-state index is 0.670. The Morgan fingerprint density at radius 3 is 2.81 bits per heavy atom. The molecular weight excluding hydrogens is 284 g/mol. The zero-order chi connectivity index (χ0) is 14.7. The second kappa shape index (κ2) is 6.20. The third-order valence-corrected chi connectivity index (χ3v) is 3.95. The standard InChI is InChI=1S/C17H17ClN2O/c1-21-17-7-3-5-15(18)14(17)11-19-10-12-4-2-6-16-13(12)8-9-20-16/h2-9,19-20H,10-11H2,1H3. The van der Waals surface area contributed by atoms with Crippen LogP contribution in [0.5, 0.6) is 5.75 Å². The second-order valence-electron chi connectivity index (χ2n) is 4.88. The first-order valence-electron chi connectivity index (χ1n) is 6.86. The third kappa shape index (κ3) is 2.89. The monoisotopic (exact) mass is 300 g/mol. The molecule has 1 heterocycles. The fraction of sp³-hybridized carbons (Fsp3) is 0.176. The van der Waals surface area contributed by atoms with E-state index >= 15 is 0 Å². The summed E-state index contributed by atoms with van der Waals surface area (Å²) in [5, 5.41) is 5.41. The van der Waals surface area contributed by atoms with Gasteiger partial charge in [0, 0.05) is 40.8 Å². The fourth-order valence-electron chi connectivity index (χ4n) is 2.53. The van der Waals surface area contributed by atoms with Gasteiger partial charge in [0.05, 0.1) is 7.11 Å². The number of halogens is 1. The van der Waals surface area contributed by atoms with Crippen LogP contribution in [0.25, 0.3) is 10.9 Å². The lowest BCUT2D eigenvalue weighted by Crippen LogP contribution is -2.14. The lowest BCUT2D eigenvalue weighted by Gasteiger charge is -2.12. The molecule has 0 fully saturated rings. The summed E-state index contributed by atoms with van der Waals surface area (Å²) in [6.07, 6.45) is 1.96. The van der Waals surface area contributed by atoms with Crippen LogP contribution in [0.4, 0.5) is 0 Å². The van der Waals surface area contributed by atoms with Crippen molar-refractivity contribution < 1.29 is 4.74 Å². The largest absolute Gasteiger partial charge is 0.496 e. The smallest absolute Gasteiger partial charge is 0.124 e. The van der Waals surface area contributed by atoms with E-state index in [1.165, 1.54) is 10.9 Å². The normalized spacial score (nSPS) is 11.0. The molecule has 2 aromatic carbocycles. The Morgan fingerprint density at radius 1 is 1.10 bits per heavy atom. The van der Waals surface area contributed by atoms with Crippen LogP contribution < -0.4 is 10.1 Å². The van der Waals surface area contributed by atoms with Gasteiger partial charge < -0.3 is 15.0 Å². The van der Waals surface area contributed by atoms with Gasteiger partial charge in [0.1, 0.15) is 5.75 Å². The molecule has 4 heteroatoms. The average molecular weight is 301 g/mol. The van der Waals surface area contributed by atoms with E-state index in [9.17, 15) is 0 Å². The van der Waals surface area contributed by atoms with E-state index < -0.39 is 0 Å². The zero-order valence-corrected chi connectivity index (χ0v) is 12.6. The van der Waals surface area contributed by atoms with Crippen molar-refractivity contribution in [3.8, 4) is 5.75 Å². The Morgan fingerprint density at radius 2 is 1.95 bits per heavy atom. The summed E-state index contributed by atoms with van der Waals surface area (Å²) in [5.74, 6) is 0.815. The number of aromatic nitrogens is 1. The van der Waals surface area contributed by atoms with E-state index in [0.29, 0.717) is 6.54 Å². The van der Waals surface area contributed by atoms with Crippen molar-refractivity contribution in [2.45, 2.75) is 13.1 Å². The molecule has 3 aromatic rings. The number of benzene rings is 2. The van der Waals surface area contributed by atoms with Crippen molar-refractivity contribution in [2.75, 3.05) is 7.11 Å². The van der Waals surface area contributed by atoms with Crippen molar-refractivity contribution in [2.24, 2.45) is 0 Å². The minimum absolute atomic E-state index is 0.670. The van der Waals surface area contributed by atoms with E-state index in [1.54, 1.807) is 7.11 Å². The predicted molar refractivity (Wildman–Crippen MR) is 86.8 cm³/mol. The Balaban J connectivity index is 1.73. The summed E-state index contributed by atoms with van der Waals surface area (Å²) in [5.41, 5.74) is 3.41. The number of fused-ring (bicyclic) bond motifs is 1. The number of nitrogens with one attached hydrogen (secondary N) is 2. The first kappa shape index (κ1) is 14.0. The van der Waals surface area contributed by atoms with Gasteiger partial charge in [-0.05, 0) is 29.8 Å². The molecule has 0 radical (unpaired) electrons. The highest BCUT2D eigenvalue weighted by Gasteiger charge is 2.07. The zero-order valence-electron chi connectivity index (χ0n) is 11.8. The highest BCUT2D eigenvalue weighted by molar-refractivity contribution is 6.31. The number of methoxy groups -OCH3 is 1. The van der Waals surface area contributed by atoms with Crippen molar-refractivity contribution in [3.63, 3.8) is 0 Å². The molecule has 0 bridgehead atoms.